The van der Waals surface area contributed by atoms with Crippen LogP contribution in [0.15, 0.2) is 24.3 Å². The van der Waals surface area contributed by atoms with E-state index in [2.05, 4.69) is 34.3 Å². The molecule has 0 spiro atoms. The summed E-state index contributed by atoms with van der Waals surface area (Å²) in [5, 5.41) is 3.19. The highest BCUT2D eigenvalue weighted by Gasteiger charge is 2.21. The van der Waals surface area contributed by atoms with E-state index in [9.17, 15) is 4.79 Å². The highest BCUT2D eigenvalue weighted by atomic mass is 32.2. The fourth-order valence-electron chi connectivity index (χ4n) is 2.99. The predicted octanol–water partition coefficient (Wildman–Crippen LogP) is 2.66. The lowest BCUT2D eigenvalue weighted by atomic mass is 10.1. The van der Waals surface area contributed by atoms with E-state index in [1.54, 1.807) is 11.8 Å². The number of piperazine rings is 1. The zero-order valence-corrected chi connectivity index (χ0v) is 14.1. The van der Waals surface area contributed by atoms with Gasteiger partial charge in [0.05, 0.1) is 5.25 Å². The maximum absolute atomic E-state index is 12.2. The van der Waals surface area contributed by atoms with Crippen molar-refractivity contribution in [3.63, 3.8) is 0 Å². The average Bonchev–Trinajstić information content (AvgIpc) is 2.57. The maximum Gasteiger partial charge on any atom is 0.237 e. The van der Waals surface area contributed by atoms with Crippen molar-refractivity contribution in [2.45, 2.75) is 24.5 Å². The number of rotatable bonds is 3. The Morgan fingerprint density at radius 3 is 2.50 bits per heavy atom. The first-order valence-corrected chi connectivity index (χ1v) is 9.23. The molecule has 0 radical (unpaired) electrons. The number of thioether (sulfide) groups is 1. The molecule has 1 aromatic rings. The summed E-state index contributed by atoms with van der Waals surface area (Å²) in [6.07, 6.45) is 3.43. The topological polar surface area (TPSA) is 35.6 Å². The van der Waals surface area contributed by atoms with Gasteiger partial charge < -0.3 is 15.1 Å². The number of anilines is 2. The standard InChI is InChI=1S/C17H25N3OS/c1-19-9-11-20(12-10-19)15-7-5-14(6-8-15)18-17(21)16-4-2-3-13-22-16/h5-8,16H,2-4,9-13H2,1H3,(H,18,21). The van der Waals surface area contributed by atoms with Crippen molar-refractivity contribution in [2.75, 3.05) is 49.2 Å². The number of nitrogens with one attached hydrogen (secondary N) is 1. The van der Waals surface area contributed by atoms with Gasteiger partial charge in [-0.2, -0.15) is 0 Å². The van der Waals surface area contributed by atoms with Crippen molar-refractivity contribution in [3.05, 3.63) is 24.3 Å². The minimum Gasteiger partial charge on any atom is -0.369 e. The first kappa shape index (κ1) is 15.7. The molecule has 2 saturated heterocycles. The molecule has 0 aromatic heterocycles. The molecular formula is C17H25N3OS. The zero-order chi connectivity index (χ0) is 15.4. The van der Waals surface area contributed by atoms with Gasteiger partial charge in [0.15, 0.2) is 0 Å². The molecule has 2 aliphatic rings. The second-order valence-electron chi connectivity index (χ2n) is 6.18. The second-order valence-corrected chi connectivity index (χ2v) is 7.49. The van der Waals surface area contributed by atoms with Gasteiger partial charge >= 0.3 is 0 Å². The van der Waals surface area contributed by atoms with E-state index in [1.807, 2.05) is 12.1 Å². The van der Waals surface area contributed by atoms with Crippen LogP contribution in [0.25, 0.3) is 0 Å². The highest BCUT2D eigenvalue weighted by molar-refractivity contribution is 8.00. The fraction of sp³-hybridized carbons (Fsp3) is 0.588. The minimum absolute atomic E-state index is 0.131. The van der Waals surface area contributed by atoms with Crippen LogP contribution in [0.2, 0.25) is 0 Å². The highest BCUT2D eigenvalue weighted by Crippen LogP contribution is 2.26. The lowest BCUT2D eigenvalue weighted by Gasteiger charge is -2.34. The van der Waals surface area contributed by atoms with Crippen molar-refractivity contribution in [2.24, 2.45) is 0 Å². The normalized spacial score (nSPS) is 23.3. The molecule has 1 amide bonds. The monoisotopic (exact) mass is 319 g/mol. The van der Waals surface area contributed by atoms with Crippen LogP contribution < -0.4 is 10.2 Å². The molecule has 2 aliphatic heterocycles. The van der Waals surface area contributed by atoms with Gasteiger partial charge in [-0.1, -0.05) is 6.42 Å². The predicted molar refractivity (Wildman–Crippen MR) is 94.9 cm³/mol. The van der Waals surface area contributed by atoms with Crippen LogP contribution in [0.1, 0.15) is 19.3 Å². The maximum atomic E-state index is 12.2. The van der Waals surface area contributed by atoms with Crippen molar-refractivity contribution in [3.8, 4) is 0 Å². The van der Waals surface area contributed by atoms with E-state index in [1.165, 1.54) is 18.5 Å². The van der Waals surface area contributed by atoms with Crippen LogP contribution in [0, 0.1) is 0 Å². The fourth-order valence-corrected chi connectivity index (χ4v) is 4.19. The van der Waals surface area contributed by atoms with E-state index in [0.29, 0.717) is 0 Å². The first-order chi connectivity index (χ1) is 10.7. The number of benzene rings is 1. The number of likely N-dealkylation sites (N-methyl/N-ethyl adjacent to an activating group) is 1. The molecule has 0 saturated carbocycles. The van der Waals surface area contributed by atoms with Gasteiger partial charge in [-0.15, -0.1) is 11.8 Å². The number of amides is 1. The van der Waals surface area contributed by atoms with Crippen LogP contribution in [-0.4, -0.2) is 55.0 Å². The summed E-state index contributed by atoms with van der Waals surface area (Å²) in [5.74, 6) is 1.28. The number of nitrogens with zero attached hydrogens (tertiary/aromatic N) is 2. The van der Waals surface area contributed by atoms with Crippen LogP contribution in [-0.2, 0) is 4.79 Å². The molecule has 0 bridgehead atoms. The van der Waals surface area contributed by atoms with Crippen LogP contribution in [0.3, 0.4) is 0 Å². The number of hydrogen-bond acceptors (Lipinski definition) is 4. The van der Waals surface area contributed by atoms with E-state index < -0.39 is 0 Å². The first-order valence-electron chi connectivity index (χ1n) is 8.18. The Hall–Kier alpha value is -1.20. The molecule has 120 valence electrons. The molecule has 1 N–H and O–H groups in total. The molecule has 1 unspecified atom stereocenters. The third kappa shape index (κ3) is 3.96. The lowest BCUT2D eigenvalue weighted by Crippen LogP contribution is -2.44. The van der Waals surface area contributed by atoms with Crippen molar-refractivity contribution in [1.29, 1.82) is 0 Å². The Labute approximate surface area is 137 Å². The summed E-state index contributed by atoms with van der Waals surface area (Å²) in [7, 11) is 2.17. The SMILES string of the molecule is CN1CCN(c2ccc(NC(=O)C3CCCCS3)cc2)CC1. The van der Waals surface area contributed by atoms with Gasteiger partial charge in [-0.3, -0.25) is 4.79 Å². The average molecular weight is 319 g/mol. The quantitative estimate of drug-likeness (QED) is 0.929. The molecule has 3 rings (SSSR count). The smallest absolute Gasteiger partial charge is 0.237 e. The summed E-state index contributed by atoms with van der Waals surface area (Å²) >= 11 is 1.79. The second kappa shape index (κ2) is 7.38. The van der Waals surface area contributed by atoms with Gasteiger partial charge in [0.2, 0.25) is 5.91 Å². The molecule has 22 heavy (non-hydrogen) atoms. The molecule has 5 heteroatoms. The van der Waals surface area contributed by atoms with Gasteiger partial charge in [-0.25, -0.2) is 0 Å². The van der Waals surface area contributed by atoms with Crippen molar-refractivity contribution >= 4 is 29.0 Å². The van der Waals surface area contributed by atoms with Crippen molar-refractivity contribution in [1.82, 2.24) is 4.90 Å². The summed E-state index contributed by atoms with van der Waals surface area (Å²) in [6.45, 7) is 4.36. The molecule has 1 atom stereocenters. The third-order valence-corrected chi connectivity index (χ3v) is 5.85. The summed E-state index contributed by atoms with van der Waals surface area (Å²) in [4.78, 5) is 17.0. The van der Waals surface area contributed by atoms with E-state index in [4.69, 9.17) is 0 Å². The minimum atomic E-state index is 0.131. The van der Waals surface area contributed by atoms with Crippen molar-refractivity contribution < 1.29 is 4.79 Å². The largest absolute Gasteiger partial charge is 0.369 e. The Morgan fingerprint density at radius 2 is 1.86 bits per heavy atom. The van der Waals surface area contributed by atoms with Gasteiger partial charge in [0.25, 0.3) is 0 Å². The number of hydrogen-bond donors (Lipinski definition) is 1. The van der Waals surface area contributed by atoms with Gasteiger partial charge in [-0.05, 0) is 49.9 Å². The Kier molecular flexibility index (Phi) is 5.26. The Balaban J connectivity index is 1.56. The van der Waals surface area contributed by atoms with Crippen LogP contribution in [0.4, 0.5) is 11.4 Å². The molecule has 2 heterocycles. The number of carbonyl (C=O) groups excluding carboxylic acids is 1. The Morgan fingerprint density at radius 1 is 1.14 bits per heavy atom. The Bertz CT molecular complexity index is 491. The summed E-state index contributed by atoms with van der Waals surface area (Å²) < 4.78 is 0. The van der Waals surface area contributed by atoms with E-state index in [-0.39, 0.29) is 11.2 Å². The summed E-state index contributed by atoms with van der Waals surface area (Å²) in [6, 6.07) is 8.29. The van der Waals surface area contributed by atoms with Crippen LogP contribution >= 0.6 is 11.8 Å². The van der Waals surface area contributed by atoms with E-state index >= 15 is 0 Å². The molecular weight excluding hydrogens is 294 g/mol. The van der Waals surface area contributed by atoms with E-state index in [0.717, 1.165) is 44.0 Å². The lowest BCUT2D eigenvalue weighted by molar-refractivity contribution is -0.115. The molecule has 2 fully saturated rings. The summed E-state index contributed by atoms with van der Waals surface area (Å²) in [5.41, 5.74) is 2.16. The molecule has 1 aromatic carbocycles. The molecule has 4 nitrogen and oxygen atoms in total. The zero-order valence-electron chi connectivity index (χ0n) is 13.3. The van der Waals surface area contributed by atoms with Crippen LogP contribution in [0.5, 0.6) is 0 Å². The van der Waals surface area contributed by atoms with Gasteiger partial charge in [0, 0.05) is 37.6 Å². The molecule has 0 aliphatic carbocycles. The van der Waals surface area contributed by atoms with Gasteiger partial charge in [0.1, 0.15) is 0 Å². The third-order valence-electron chi connectivity index (χ3n) is 4.48. The number of carbonyl (C=O) groups is 1.